The highest BCUT2D eigenvalue weighted by atomic mass is 79.9. The second-order valence-electron chi connectivity index (χ2n) is 3.90. The van der Waals surface area contributed by atoms with E-state index in [0.717, 1.165) is 12.2 Å². The summed E-state index contributed by atoms with van der Waals surface area (Å²) in [6, 6.07) is 0. The molecule has 2 aromatic rings. The molecular weight excluding hydrogens is 314 g/mol. The van der Waals surface area contributed by atoms with Gasteiger partial charge >= 0.3 is 0 Å². The van der Waals surface area contributed by atoms with Crippen molar-refractivity contribution in [3.05, 3.63) is 38.7 Å². The van der Waals surface area contributed by atoms with Crippen LogP contribution in [0.2, 0.25) is 0 Å². The van der Waals surface area contributed by atoms with Crippen LogP contribution in [-0.4, -0.2) is 19.7 Å². The monoisotopic (exact) mass is 325 g/mol. The Bertz CT molecular complexity index is 626. The number of aryl methyl sites for hydroxylation is 1. The van der Waals surface area contributed by atoms with E-state index in [1.807, 2.05) is 13.1 Å². The van der Waals surface area contributed by atoms with Gasteiger partial charge in [0.15, 0.2) is 0 Å². The molecule has 0 spiro atoms. The van der Waals surface area contributed by atoms with Crippen LogP contribution in [0.3, 0.4) is 0 Å². The van der Waals surface area contributed by atoms with Gasteiger partial charge in [-0.25, -0.2) is 4.98 Å². The molecule has 0 aliphatic heterocycles. The summed E-state index contributed by atoms with van der Waals surface area (Å²) in [5.74, 6) is 0.527. The molecule has 2 aromatic heterocycles. The van der Waals surface area contributed by atoms with Crippen molar-refractivity contribution in [3.63, 3.8) is 0 Å². The number of anilines is 2. The SMILES string of the molecule is CCn1cc(Nc2ncc([N+](=O)[O-])c(C)c2Br)cn1. The maximum atomic E-state index is 10.8. The van der Waals surface area contributed by atoms with Gasteiger partial charge in [0.25, 0.3) is 5.69 Å². The molecule has 19 heavy (non-hydrogen) atoms. The molecule has 0 saturated carbocycles. The van der Waals surface area contributed by atoms with Gasteiger partial charge in [-0.2, -0.15) is 5.10 Å². The quantitative estimate of drug-likeness (QED) is 0.689. The third kappa shape index (κ3) is 2.73. The highest BCUT2D eigenvalue weighted by Gasteiger charge is 2.17. The molecule has 0 unspecified atom stereocenters. The van der Waals surface area contributed by atoms with Crippen LogP contribution in [0.15, 0.2) is 23.1 Å². The van der Waals surface area contributed by atoms with E-state index in [2.05, 4.69) is 31.3 Å². The molecule has 0 aliphatic rings. The number of aromatic nitrogens is 3. The predicted octanol–water partition coefficient (Wildman–Crippen LogP) is 3.02. The number of nitro groups is 1. The van der Waals surface area contributed by atoms with Crippen molar-refractivity contribution >= 4 is 33.1 Å². The molecule has 100 valence electrons. The Kier molecular flexibility index (Phi) is 3.79. The fourth-order valence-corrected chi connectivity index (χ4v) is 1.98. The first-order chi connectivity index (χ1) is 9.02. The molecule has 0 atom stereocenters. The minimum atomic E-state index is -0.452. The highest BCUT2D eigenvalue weighted by molar-refractivity contribution is 9.10. The molecule has 0 aliphatic carbocycles. The van der Waals surface area contributed by atoms with Crippen molar-refractivity contribution in [3.8, 4) is 0 Å². The lowest BCUT2D eigenvalue weighted by atomic mass is 10.2. The van der Waals surface area contributed by atoms with E-state index in [4.69, 9.17) is 0 Å². The van der Waals surface area contributed by atoms with Gasteiger partial charge in [0.05, 0.1) is 21.3 Å². The van der Waals surface area contributed by atoms with Crippen molar-refractivity contribution < 1.29 is 4.92 Å². The van der Waals surface area contributed by atoms with Gasteiger partial charge in [0.2, 0.25) is 0 Å². The Balaban J connectivity index is 2.31. The molecule has 2 heterocycles. The van der Waals surface area contributed by atoms with Gasteiger partial charge in [-0.3, -0.25) is 14.8 Å². The topological polar surface area (TPSA) is 85.9 Å². The summed E-state index contributed by atoms with van der Waals surface area (Å²) in [5.41, 5.74) is 1.30. The fraction of sp³-hybridized carbons (Fsp3) is 0.273. The van der Waals surface area contributed by atoms with Crippen LogP contribution >= 0.6 is 15.9 Å². The van der Waals surface area contributed by atoms with Crippen LogP contribution in [0.25, 0.3) is 0 Å². The van der Waals surface area contributed by atoms with Crippen LogP contribution < -0.4 is 5.32 Å². The van der Waals surface area contributed by atoms with Crippen molar-refractivity contribution in [1.82, 2.24) is 14.8 Å². The minimum Gasteiger partial charge on any atom is -0.337 e. The van der Waals surface area contributed by atoms with E-state index in [-0.39, 0.29) is 5.69 Å². The van der Waals surface area contributed by atoms with E-state index in [1.165, 1.54) is 6.20 Å². The first-order valence-electron chi connectivity index (χ1n) is 5.62. The van der Waals surface area contributed by atoms with E-state index in [9.17, 15) is 10.1 Å². The average Bonchev–Trinajstić information content (AvgIpc) is 2.82. The van der Waals surface area contributed by atoms with Crippen molar-refractivity contribution in [2.75, 3.05) is 5.32 Å². The first kappa shape index (κ1) is 13.5. The van der Waals surface area contributed by atoms with Gasteiger partial charge in [-0.15, -0.1) is 0 Å². The van der Waals surface area contributed by atoms with Crippen LogP contribution in [0.5, 0.6) is 0 Å². The molecule has 0 aromatic carbocycles. The third-order valence-corrected chi connectivity index (χ3v) is 3.62. The zero-order chi connectivity index (χ0) is 14.0. The number of hydrogen-bond donors (Lipinski definition) is 1. The average molecular weight is 326 g/mol. The maximum absolute atomic E-state index is 10.8. The lowest BCUT2D eigenvalue weighted by molar-refractivity contribution is -0.385. The maximum Gasteiger partial charge on any atom is 0.291 e. The van der Waals surface area contributed by atoms with Crippen LogP contribution in [-0.2, 0) is 6.54 Å². The summed E-state index contributed by atoms with van der Waals surface area (Å²) in [4.78, 5) is 14.4. The molecule has 0 radical (unpaired) electrons. The summed E-state index contributed by atoms with van der Waals surface area (Å²) in [6.07, 6.45) is 4.76. The Hall–Kier alpha value is -1.96. The number of pyridine rings is 1. The zero-order valence-corrected chi connectivity index (χ0v) is 12.0. The summed E-state index contributed by atoms with van der Waals surface area (Å²) in [6.45, 7) is 4.43. The number of halogens is 1. The highest BCUT2D eigenvalue weighted by Crippen LogP contribution is 2.31. The second kappa shape index (κ2) is 5.35. The van der Waals surface area contributed by atoms with Gasteiger partial charge in [-0.05, 0) is 29.8 Å². The summed E-state index contributed by atoms with van der Waals surface area (Å²) in [7, 11) is 0. The molecule has 8 heteroatoms. The van der Waals surface area contributed by atoms with Crippen molar-refractivity contribution in [2.45, 2.75) is 20.4 Å². The third-order valence-electron chi connectivity index (χ3n) is 2.65. The van der Waals surface area contributed by atoms with Gasteiger partial charge in [0, 0.05) is 18.3 Å². The second-order valence-corrected chi connectivity index (χ2v) is 4.69. The lowest BCUT2D eigenvalue weighted by Crippen LogP contribution is -1.99. The Morgan fingerprint density at radius 2 is 2.26 bits per heavy atom. The normalized spacial score (nSPS) is 10.5. The van der Waals surface area contributed by atoms with E-state index in [0.29, 0.717) is 15.9 Å². The largest absolute Gasteiger partial charge is 0.337 e. The van der Waals surface area contributed by atoms with Gasteiger partial charge in [0.1, 0.15) is 12.0 Å². The Morgan fingerprint density at radius 3 is 2.84 bits per heavy atom. The number of rotatable bonds is 4. The molecule has 0 fully saturated rings. The number of hydrogen-bond acceptors (Lipinski definition) is 5. The number of nitrogens with zero attached hydrogens (tertiary/aromatic N) is 4. The lowest BCUT2D eigenvalue weighted by Gasteiger charge is -2.07. The van der Waals surface area contributed by atoms with E-state index < -0.39 is 4.92 Å². The smallest absolute Gasteiger partial charge is 0.291 e. The van der Waals surface area contributed by atoms with E-state index >= 15 is 0 Å². The summed E-state index contributed by atoms with van der Waals surface area (Å²) in [5, 5.41) is 18.0. The van der Waals surface area contributed by atoms with Crippen LogP contribution in [0.4, 0.5) is 17.2 Å². The minimum absolute atomic E-state index is 0.0123. The zero-order valence-electron chi connectivity index (χ0n) is 10.4. The summed E-state index contributed by atoms with van der Waals surface area (Å²) < 4.78 is 2.35. The molecule has 0 saturated heterocycles. The van der Waals surface area contributed by atoms with E-state index in [1.54, 1.807) is 17.8 Å². The molecule has 7 nitrogen and oxygen atoms in total. The van der Waals surface area contributed by atoms with Gasteiger partial charge in [-0.1, -0.05) is 0 Å². The van der Waals surface area contributed by atoms with Gasteiger partial charge < -0.3 is 5.32 Å². The molecule has 1 N–H and O–H groups in total. The first-order valence-corrected chi connectivity index (χ1v) is 6.41. The fourth-order valence-electron chi connectivity index (χ4n) is 1.58. The molecule has 0 bridgehead atoms. The molecular formula is C11H12BrN5O2. The molecule has 0 amide bonds. The Morgan fingerprint density at radius 1 is 1.53 bits per heavy atom. The predicted molar refractivity (Wildman–Crippen MR) is 74.5 cm³/mol. The van der Waals surface area contributed by atoms with Crippen molar-refractivity contribution in [1.29, 1.82) is 0 Å². The van der Waals surface area contributed by atoms with Crippen LogP contribution in [0.1, 0.15) is 12.5 Å². The number of nitrogens with one attached hydrogen (secondary N) is 1. The standard InChI is InChI=1S/C11H12BrN5O2/c1-3-16-6-8(4-14-16)15-11-10(12)7(2)9(5-13-11)17(18)19/h4-6H,3H2,1-2H3,(H,13,15). The van der Waals surface area contributed by atoms with Crippen molar-refractivity contribution in [2.24, 2.45) is 0 Å². The Labute approximate surface area is 117 Å². The van der Waals surface area contributed by atoms with Crippen LogP contribution in [0, 0.1) is 17.0 Å². The summed E-state index contributed by atoms with van der Waals surface area (Å²) >= 11 is 3.32. The molecule has 2 rings (SSSR count).